The van der Waals surface area contributed by atoms with E-state index < -0.39 is 5.79 Å². The van der Waals surface area contributed by atoms with E-state index in [4.69, 9.17) is 10.5 Å². The summed E-state index contributed by atoms with van der Waals surface area (Å²) in [6, 6.07) is 3.53. The van der Waals surface area contributed by atoms with Gasteiger partial charge in [-0.15, -0.1) is 0 Å². The smallest absolute Gasteiger partial charge is 0.209 e. The second-order valence-corrected chi connectivity index (χ2v) is 4.47. The van der Waals surface area contributed by atoms with Crippen molar-refractivity contribution in [3.05, 3.63) is 24.2 Å². The lowest BCUT2D eigenvalue weighted by molar-refractivity contribution is -0.237. The van der Waals surface area contributed by atoms with Crippen LogP contribution in [0.25, 0.3) is 5.52 Å². The van der Waals surface area contributed by atoms with Gasteiger partial charge in [-0.2, -0.15) is 5.10 Å². The minimum Gasteiger partial charge on any atom is -0.382 e. The van der Waals surface area contributed by atoms with Gasteiger partial charge < -0.3 is 15.6 Å². The molecule has 0 spiro atoms. The van der Waals surface area contributed by atoms with Gasteiger partial charge in [0, 0.05) is 6.42 Å². The second-order valence-electron chi connectivity index (χ2n) is 4.47. The van der Waals surface area contributed by atoms with Crippen molar-refractivity contribution in [1.82, 2.24) is 14.6 Å². The number of aliphatic hydroxyl groups is 1. The van der Waals surface area contributed by atoms with Crippen LogP contribution >= 0.6 is 0 Å². The van der Waals surface area contributed by atoms with E-state index in [2.05, 4.69) is 10.1 Å². The molecular weight excluding hydrogens is 232 g/mol. The zero-order valence-corrected chi connectivity index (χ0v) is 10.8. The van der Waals surface area contributed by atoms with Crippen LogP contribution in [0.1, 0.15) is 32.9 Å². The molecule has 18 heavy (non-hydrogen) atoms. The summed E-state index contributed by atoms with van der Waals surface area (Å²) in [6.45, 7) is 5.60. The Morgan fingerprint density at radius 3 is 2.83 bits per heavy atom. The molecule has 6 heteroatoms. The van der Waals surface area contributed by atoms with E-state index in [1.165, 1.54) is 6.33 Å². The third-order valence-corrected chi connectivity index (χ3v) is 2.79. The van der Waals surface area contributed by atoms with Gasteiger partial charge >= 0.3 is 0 Å². The zero-order chi connectivity index (χ0) is 13.3. The summed E-state index contributed by atoms with van der Waals surface area (Å²) in [7, 11) is 0. The fraction of sp³-hybridized carbons (Fsp3) is 0.500. The number of hydrogen-bond donors (Lipinski definition) is 2. The Kier molecular flexibility index (Phi) is 3.23. The third kappa shape index (κ3) is 2.04. The molecule has 3 N–H and O–H groups in total. The molecule has 1 unspecified atom stereocenters. The Morgan fingerprint density at radius 2 is 2.22 bits per heavy atom. The fourth-order valence-corrected chi connectivity index (χ4v) is 1.96. The summed E-state index contributed by atoms with van der Waals surface area (Å²) in [4.78, 5) is 3.91. The van der Waals surface area contributed by atoms with E-state index in [1.54, 1.807) is 16.6 Å². The van der Waals surface area contributed by atoms with Crippen LogP contribution in [0.4, 0.5) is 5.82 Å². The number of nitrogen functional groups attached to an aromatic ring is 1. The lowest BCUT2D eigenvalue weighted by Gasteiger charge is -2.28. The summed E-state index contributed by atoms with van der Waals surface area (Å²) in [5.74, 6) is -0.999. The number of hydrogen-bond acceptors (Lipinski definition) is 5. The van der Waals surface area contributed by atoms with Gasteiger partial charge in [0.05, 0.1) is 6.10 Å². The topological polar surface area (TPSA) is 85.7 Å². The molecule has 0 aliphatic heterocycles. The molecule has 2 heterocycles. The minimum atomic E-state index is -1.37. The lowest BCUT2D eigenvalue weighted by atomic mass is 10.1. The second kappa shape index (κ2) is 4.55. The first-order valence-corrected chi connectivity index (χ1v) is 5.97. The van der Waals surface area contributed by atoms with Crippen LogP contribution in [-0.2, 0) is 10.5 Å². The zero-order valence-electron chi connectivity index (χ0n) is 10.8. The number of aromatic nitrogens is 3. The summed E-state index contributed by atoms with van der Waals surface area (Å²) in [5.41, 5.74) is 6.98. The summed E-state index contributed by atoms with van der Waals surface area (Å²) in [5, 5.41) is 14.7. The van der Waals surface area contributed by atoms with Gasteiger partial charge in [-0.25, -0.2) is 9.50 Å². The monoisotopic (exact) mass is 250 g/mol. The molecule has 0 saturated heterocycles. The highest BCUT2D eigenvalue weighted by molar-refractivity contribution is 5.65. The van der Waals surface area contributed by atoms with Crippen molar-refractivity contribution >= 4 is 11.3 Å². The molecule has 1 atom stereocenters. The molecule has 2 aromatic heterocycles. The van der Waals surface area contributed by atoms with Gasteiger partial charge in [0.15, 0.2) is 5.82 Å². The standard InChI is InChI=1S/C12H18N4O2/c1-4-12(17,18-8(2)3)10-6-5-9-11(13)14-7-15-16(9)10/h5-8,17H,4H2,1-3H3,(H2,13,14,15). The van der Waals surface area contributed by atoms with E-state index in [0.717, 1.165) is 0 Å². The van der Waals surface area contributed by atoms with Crippen LogP contribution in [0, 0.1) is 0 Å². The highest BCUT2D eigenvalue weighted by Crippen LogP contribution is 2.29. The summed E-state index contributed by atoms with van der Waals surface area (Å²) >= 11 is 0. The van der Waals surface area contributed by atoms with E-state index in [9.17, 15) is 5.11 Å². The largest absolute Gasteiger partial charge is 0.382 e. The molecule has 2 rings (SSSR count). The van der Waals surface area contributed by atoms with Gasteiger partial charge in [0.25, 0.3) is 0 Å². The SMILES string of the molecule is CCC(O)(OC(C)C)c1ccc2c(N)ncnn12. The van der Waals surface area contributed by atoms with Gasteiger partial charge in [-0.3, -0.25) is 0 Å². The molecule has 6 nitrogen and oxygen atoms in total. The molecule has 0 aliphatic carbocycles. The first-order chi connectivity index (χ1) is 8.48. The molecule has 0 aliphatic rings. The quantitative estimate of drug-likeness (QED) is 0.799. The highest BCUT2D eigenvalue weighted by Gasteiger charge is 2.33. The molecule has 0 aromatic carbocycles. The normalized spacial score (nSPS) is 15.2. The Balaban J connectivity index is 2.55. The first kappa shape index (κ1) is 12.8. The minimum absolute atomic E-state index is 0.0975. The first-order valence-electron chi connectivity index (χ1n) is 5.97. The van der Waals surface area contributed by atoms with Gasteiger partial charge in [-0.05, 0) is 26.0 Å². The maximum atomic E-state index is 10.6. The Bertz CT molecular complexity index is 552. The maximum absolute atomic E-state index is 10.6. The Morgan fingerprint density at radius 1 is 1.50 bits per heavy atom. The number of nitrogens with two attached hydrogens (primary N) is 1. The van der Waals surface area contributed by atoms with Crippen molar-refractivity contribution in [3.8, 4) is 0 Å². The van der Waals surface area contributed by atoms with Crippen molar-refractivity contribution in [2.24, 2.45) is 0 Å². The van der Waals surface area contributed by atoms with Crippen molar-refractivity contribution < 1.29 is 9.84 Å². The van der Waals surface area contributed by atoms with Crippen LogP contribution in [0.5, 0.6) is 0 Å². The predicted octanol–water partition coefficient (Wildman–Crippen LogP) is 1.29. The highest BCUT2D eigenvalue weighted by atomic mass is 16.6. The Hall–Kier alpha value is -1.66. The van der Waals surface area contributed by atoms with Crippen LogP contribution in [-0.4, -0.2) is 25.8 Å². The molecule has 0 fully saturated rings. The van der Waals surface area contributed by atoms with Crippen LogP contribution in [0.3, 0.4) is 0 Å². The lowest BCUT2D eigenvalue weighted by Crippen LogP contribution is -2.33. The van der Waals surface area contributed by atoms with Crippen molar-refractivity contribution in [3.63, 3.8) is 0 Å². The fourth-order valence-electron chi connectivity index (χ4n) is 1.96. The van der Waals surface area contributed by atoms with Crippen molar-refractivity contribution in [2.45, 2.75) is 39.1 Å². The average Bonchev–Trinajstić information content (AvgIpc) is 2.74. The Labute approximate surface area is 105 Å². The van der Waals surface area contributed by atoms with Crippen LogP contribution in [0.2, 0.25) is 0 Å². The maximum Gasteiger partial charge on any atom is 0.209 e. The molecular formula is C12H18N4O2. The number of anilines is 1. The van der Waals surface area contributed by atoms with Crippen molar-refractivity contribution in [1.29, 1.82) is 0 Å². The average molecular weight is 250 g/mol. The summed E-state index contributed by atoms with van der Waals surface area (Å²) < 4.78 is 7.18. The van der Waals surface area contributed by atoms with Gasteiger partial charge in [0.1, 0.15) is 17.5 Å². The molecule has 2 aromatic rings. The van der Waals surface area contributed by atoms with Crippen LogP contribution in [0.15, 0.2) is 18.5 Å². The van der Waals surface area contributed by atoms with Gasteiger partial charge in [-0.1, -0.05) is 6.92 Å². The van der Waals surface area contributed by atoms with E-state index >= 15 is 0 Å². The van der Waals surface area contributed by atoms with Crippen molar-refractivity contribution in [2.75, 3.05) is 5.73 Å². The third-order valence-electron chi connectivity index (χ3n) is 2.79. The number of fused-ring (bicyclic) bond motifs is 1. The molecule has 0 radical (unpaired) electrons. The van der Waals surface area contributed by atoms with Crippen LogP contribution < -0.4 is 5.73 Å². The predicted molar refractivity (Wildman–Crippen MR) is 67.8 cm³/mol. The molecule has 0 saturated carbocycles. The van der Waals surface area contributed by atoms with E-state index in [-0.39, 0.29) is 6.10 Å². The van der Waals surface area contributed by atoms with E-state index in [0.29, 0.717) is 23.4 Å². The molecule has 98 valence electrons. The number of nitrogens with zero attached hydrogens (tertiary/aromatic N) is 3. The number of rotatable bonds is 4. The summed E-state index contributed by atoms with van der Waals surface area (Å²) in [6.07, 6.45) is 1.68. The van der Waals surface area contributed by atoms with Gasteiger partial charge in [0.2, 0.25) is 5.79 Å². The van der Waals surface area contributed by atoms with E-state index in [1.807, 2.05) is 20.8 Å². The molecule has 0 bridgehead atoms. The number of ether oxygens (including phenoxy) is 1. The molecule has 0 amide bonds.